The Bertz CT molecular complexity index is 1140. The molecule has 2 aliphatic rings. The highest BCUT2D eigenvalue weighted by Crippen LogP contribution is 2.46. The second kappa shape index (κ2) is 6.12. The van der Waals surface area contributed by atoms with Crippen molar-refractivity contribution in [2.45, 2.75) is 57.3 Å². The highest BCUT2D eigenvalue weighted by Gasteiger charge is 2.38. The lowest BCUT2D eigenvalue weighted by atomic mass is 9.93. The number of rotatable bonds is 5. The minimum absolute atomic E-state index is 0.385. The molecule has 6 rings (SSSR count). The predicted molar refractivity (Wildman–Crippen MR) is 102 cm³/mol. The summed E-state index contributed by atoms with van der Waals surface area (Å²) in [4.78, 5) is 12.3. The Kier molecular flexibility index (Phi) is 3.54. The predicted octanol–water partition coefficient (Wildman–Crippen LogP) is 3.63. The van der Waals surface area contributed by atoms with E-state index in [4.69, 9.17) is 4.52 Å². The minimum Gasteiger partial charge on any atom is -0.345 e. The first-order chi connectivity index (χ1) is 13.8. The minimum atomic E-state index is 0.385. The SMILES string of the molecule is CC[C@@H]1C[C@H](Cc2nc(C3CC3)no2)C[C@H]1c1nnc2cnc3[nH]ccc3n12. The average Bonchev–Trinajstić information content (AvgIpc) is 3.12. The molecule has 0 unspecified atom stereocenters. The van der Waals surface area contributed by atoms with Crippen LogP contribution in [0.2, 0.25) is 0 Å². The van der Waals surface area contributed by atoms with E-state index in [2.05, 4.69) is 41.6 Å². The molecule has 0 amide bonds. The zero-order chi connectivity index (χ0) is 18.7. The number of nitrogens with one attached hydrogen (secondary N) is 1. The van der Waals surface area contributed by atoms with Crippen molar-refractivity contribution in [1.29, 1.82) is 0 Å². The number of hydrogen-bond acceptors (Lipinski definition) is 6. The Morgan fingerprint density at radius 1 is 1.25 bits per heavy atom. The van der Waals surface area contributed by atoms with Gasteiger partial charge in [-0.3, -0.25) is 4.40 Å². The Morgan fingerprint density at radius 3 is 3.04 bits per heavy atom. The molecular weight excluding hydrogens is 354 g/mol. The van der Waals surface area contributed by atoms with Gasteiger partial charge in [0, 0.05) is 24.5 Å². The van der Waals surface area contributed by atoms with Crippen molar-refractivity contribution in [2.24, 2.45) is 11.8 Å². The molecule has 28 heavy (non-hydrogen) atoms. The molecule has 0 radical (unpaired) electrons. The highest BCUT2D eigenvalue weighted by molar-refractivity contribution is 5.74. The lowest BCUT2D eigenvalue weighted by Crippen LogP contribution is -2.09. The number of hydrogen-bond donors (Lipinski definition) is 1. The Balaban J connectivity index is 1.30. The average molecular weight is 377 g/mol. The van der Waals surface area contributed by atoms with Crippen molar-refractivity contribution in [3.05, 3.63) is 36.0 Å². The van der Waals surface area contributed by atoms with Crippen LogP contribution in [0.3, 0.4) is 0 Å². The Morgan fingerprint density at radius 2 is 2.18 bits per heavy atom. The van der Waals surface area contributed by atoms with Crippen molar-refractivity contribution in [1.82, 2.24) is 34.7 Å². The molecule has 0 saturated heterocycles. The fourth-order valence-corrected chi connectivity index (χ4v) is 4.92. The monoisotopic (exact) mass is 377 g/mol. The first-order valence-corrected chi connectivity index (χ1v) is 10.3. The summed E-state index contributed by atoms with van der Waals surface area (Å²) in [5.41, 5.74) is 2.72. The number of aromatic nitrogens is 7. The van der Waals surface area contributed by atoms with E-state index in [0.717, 1.165) is 53.6 Å². The van der Waals surface area contributed by atoms with Crippen LogP contribution in [0.25, 0.3) is 16.8 Å². The third-order valence-corrected chi connectivity index (χ3v) is 6.51. The molecule has 1 N–H and O–H groups in total. The van der Waals surface area contributed by atoms with Crippen LogP contribution in [0.1, 0.15) is 68.4 Å². The number of nitrogens with zero attached hydrogens (tertiary/aromatic N) is 6. The molecule has 4 heterocycles. The Hall–Kier alpha value is -2.77. The van der Waals surface area contributed by atoms with Crippen LogP contribution >= 0.6 is 0 Å². The van der Waals surface area contributed by atoms with Crippen LogP contribution in [-0.4, -0.2) is 34.7 Å². The second-order valence-electron chi connectivity index (χ2n) is 8.36. The van der Waals surface area contributed by atoms with E-state index in [1.165, 1.54) is 19.3 Å². The van der Waals surface area contributed by atoms with E-state index < -0.39 is 0 Å². The van der Waals surface area contributed by atoms with Crippen molar-refractivity contribution in [3.63, 3.8) is 0 Å². The molecule has 0 spiro atoms. The molecule has 2 aliphatic carbocycles. The first kappa shape index (κ1) is 16.2. The van der Waals surface area contributed by atoms with Crippen molar-refractivity contribution < 1.29 is 4.52 Å². The first-order valence-electron chi connectivity index (χ1n) is 10.3. The summed E-state index contributed by atoms with van der Waals surface area (Å²) in [6.45, 7) is 2.27. The van der Waals surface area contributed by atoms with Gasteiger partial charge in [-0.05, 0) is 43.6 Å². The van der Waals surface area contributed by atoms with Gasteiger partial charge in [0.2, 0.25) is 5.89 Å². The van der Waals surface area contributed by atoms with Gasteiger partial charge in [0.05, 0.1) is 11.7 Å². The van der Waals surface area contributed by atoms with Gasteiger partial charge in [-0.25, -0.2) is 4.98 Å². The molecule has 4 aromatic heterocycles. The normalized spacial score (nSPS) is 25.2. The van der Waals surface area contributed by atoms with E-state index >= 15 is 0 Å². The largest absolute Gasteiger partial charge is 0.345 e. The molecule has 0 aliphatic heterocycles. The summed E-state index contributed by atoms with van der Waals surface area (Å²) >= 11 is 0. The fraction of sp³-hybridized carbons (Fsp3) is 0.550. The summed E-state index contributed by atoms with van der Waals surface area (Å²) in [7, 11) is 0. The van der Waals surface area contributed by atoms with Gasteiger partial charge in [-0.15, -0.1) is 10.2 Å². The van der Waals surface area contributed by atoms with Crippen molar-refractivity contribution in [3.8, 4) is 0 Å². The van der Waals surface area contributed by atoms with Gasteiger partial charge >= 0.3 is 0 Å². The maximum atomic E-state index is 5.53. The molecule has 144 valence electrons. The zero-order valence-corrected chi connectivity index (χ0v) is 15.9. The van der Waals surface area contributed by atoms with Crippen LogP contribution in [0.5, 0.6) is 0 Å². The summed E-state index contributed by atoms with van der Waals surface area (Å²) < 4.78 is 7.71. The van der Waals surface area contributed by atoms with Crippen LogP contribution in [0, 0.1) is 11.8 Å². The lowest BCUT2D eigenvalue weighted by Gasteiger charge is -2.16. The van der Waals surface area contributed by atoms with E-state index in [0.29, 0.717) is 23.7 Å². The highest BCUT2D eigenvalue weighted by atomic mass is 16.5. The van der Waals surface area contributed by atoms with Crippen LogP contribution in [0.4, 0.5) is 0 Å². The van der Waals surface area contributed by atoms with Crippen LogP contribution in [-0.2, 0) is 6.42 Å². The van der Waals surface area contributed by atoms with E-state index in [9.17, 15) is 0 Å². The summed E-state index contributed by atoms with van der Waals surface area (Å²) in [5, 5.41) is 13.2. The summed E-state index contributed by atoms with van der Waals surface area (Å²) in [5.74, 6) is 4.81. The van der Waals surface area contributed by atoms with E-state index in [-0.39, 0.29) is 0 Å². The standard InChI is InChI=1S/C20H23N7O/c1-2-12-7-11(9-17-23-18(26-28-17)13-3-4-13)8-14(12)20-25-24-16-10-22-19-15(27(16)20)5-6-21-19/h5-6,10-14,21H,2-4,7-9H2,1H3/t11-,12+,14+/m0/s1. The van der Waals surface area contributed by atoms with Crippen LogP contribution in [0.15, 0.2) is 23.0 Å². The molecule has 2 fully saturated rings. The second-order valence-corrected chi connectivity index (χ2v) is 8.36. The maximum Gasteiger partial charge on any atom is 0.226 e. The molecule has 0 bridgehead atoms. The molecule has 4 aromatic rings. The van der Waals surface area contributed by atoms with Gasteiger partial charge in [0.15, 0.2) is 17.1 Å². The smallest absolute Gasteiger partial charge is 0.226 e. The van der Waals surface area contributed by atoms with Crippen molar-refractivity contribution in [2.75, 3.05) is 0 Å². The van der Waals surface area contributed by atoms with Gasteiger partial charge < -0.3 is 9.51 Å². The van der Waals surface area contributed by atoms with E-state index in [1.54, 1.807) is 6.20 Å². The third-order valence-electron chi connectivity index (χ3n) is 6.51. The van der Waals surface area contributed by atoms with Gasteiger partial charge in [0.25, 0.3) is 0 Å². The van der Waals surface area contributed by atoms with Gasteiger partial charge in [-0.1, -0.05) is 18.5 Å². The maximum absolute atomic E-state index is 5.53. The van der Waals surface area contributed by atoms with Gasteiger partial charge in [0.1, 0.15) is 5.82 Å². The zero-order valence-electron chi connectivity index (χ0n) is 15.9. The molecule has 3 atom stereocenters. The molecule has 8 heteroatoms. The molecule has 8 nitrogen and oxygen atoms in total. The number of fused-ring (bicyclic) bond motifs is 3. The van der Waals surface area contributed by atoms with Gasteiger partial charge in [-0.2, -0.15) is 4.98 Å². The molecular formula is C20H23N7O. The van der Waals surface area contributed by atoms with Crippen LogP contribution < -0.4 is 0 Å². The molecule has 2 saturated carbocycles. The lowest BCUT2D eigenvalue weighted by molar-refractivity contribution is 0.346. The summed E-state index contributed by atoms with van der Waals surface area (Å²) in [6, 6.07) is 2.05. The van der Waals surface area contributed by atoms with E-state index in [1.807, 2.05) is 12.3 Å². The quantitative estimate of drug-likeness (QED) is 0.570. The number of aromatic amines is 1. The fourth-order valence-electron chi connectivity index (χ4n) is 4.92. The molecule has 0 aromatic carbocycles. The Labute approximate surface area is 161 Å². The number of H-pyrrole nitrogens is 1. The van der Waals surface area contributed by atoms with Crippen molar-refractivity contribution >= 4 is 16.8 Å². The summed E-state index contributed by atoms with van der Waals surface area (Å²) in [6.07, 6.45) is 10.4. The topological polar surface area (TPSA) is 97.8 Å². The third kappa shape index (κ3) is 2.54.